The average Bonchev–Trinajstić information content (AvgIpc) is 3.08. The van der Waals surface area contributed by atoms with Gasteiger partial charge in [-0.05, 0) is 25.3 Å². The molecule has 2 aromatic rings. The Labute approximate surface area is 123 Å². The fourth-order valence-corrected chi connectivity index (χ4v) is 2.37. The Balaban J connectivity index is 1.50. The standard InChI is InChI=1S/C15H20N4O2/c1-18(10-12-9-14(21-17-12)11-3-4-11)15(20)6-5-13-7-8-16-19(13)2/h7-9,11H,3-6,10H2,1-2H3. The second-order valence-corrected chi connectivity index (χ2v) is 5.69. The van der Waals surface area contributed by atoms with Gasteiger partial charge in [-0.2, -0.15) is 5.10 Å². The largest absolute Gasteiger partial charge is 0.361 e. The summed E-state index contributed by atoms with van der Waals surface area (Å²) in [6, 6.07) is 3.91. The van der Waals surface area contributed by atoms with Crippen LogP contribution in [0.4, 0.5) is 0 Å². The molecule has 3 rings (SSSR count). The molecule has 0 radical (unpaired) electrons. The fourth-order valence-electron chi connectivity index (χ4n) is 2.37. The number of carbonyl (C=O) groups excluding carboxylic acids is 1. The van der Waals surface area contributed by atoms with E-state index in [4.69, 9.17) is 4.52 Å². The molecule has 0 N–H and O–H groups in total. The molecule has 6 heteroatoms. The molecular formula is C15H20N4O2. The van der Waals surface area contributed by atoms with Crippen molar-refractivity contribution >= 4 is 5.91 Å². The van der Waals surface area contributed by atoms with Gasteiger partial charge in [0.15, 0.2) is 0 Å². The number of amides is 1. The van der Waals surface area contributed by atoms with Crippen LogP contribution in [0, 0.1) is 0 Å². The minimum atomic E-state index is 0.104. The average molecular weight is 288 g/mol. The van der Waals surface area contributed by atoms with Gasteiger partial charge in [0.05, 0.1) is 6.54 Å². The molecule has 6 nitrogen and oxygen atoms in total. The van der Waals surface area contributed by atoms with E-state index in [0.717, 1.165) is 17.1 Å². The van der Waals surface area contributed by atoms with E-state index in [1.807, 2.05) is 19.2 Å². The monoisotopic (exact) mass is 288 g/mol. The summed E-state index contributed by atoms with van der Waals surface area (Å²) < 4.78 is 7.10. The summed E-state index contributed by atoms with van der Waals surface area (Å²) in [7, 11) is 3.69. The second-order valence-electron chi connectivity index (χ2n) is 5.69. The van der Waals surface area contributed by atoms with Gasteiger partial charge in [0, 0.05) is 44.4 Å². The van der Waals surface area contributed by atoms with Crippen LogP contribution in [0.3, 0.4) is 0 Å². The molecule has 0 spiro atoms. The van der Waals surface area contributed by atoms with Crippen LogP contribution in [-0.2, 0) is 24.8 Å². The molecule has 1 fully saturated rings. The summed E-state index contributed by atoms with van der Waals surface area (Å²) in [6.45, 7) is 0.500. The third-order valence-electron chi connectivity index (χ3n) is 3.90. The fraction of sp³-hybridized carbons (Fsp3) is 0.533. The normalized spacial score (nSPS) is 14.4. The van der Waals surface area contributed by atoms with Gasteiger partial charge in [0.1, 0.15) is 11.5 Å². The first-order valence-corrected chi connectivity index (χ1v) is 7.30. The molecule has 1 amide bonds. The predicted octanol–water partition coefficient (Wildman–Crippen LogP) is 1.88. The van der Waals surface area contributed by atoms with Crippen molar-refractivity contribution in [1.29, 1.82) is 0 Å². The Kier molecular flexibility index (Phi) is 3.77. The summed E-state index contributed by atoms with van der Waals surface area (Å²) in [5.74, 6) is 1.62. The molecule has 0 bridgehead atoms. The highest BCUT2D eigenvalue weighted by atomic mass is 16.5. The molecule has 1 aliphatic carbocycles. The van der Waals surface area contributed by atoms with E-state index in [9.17, 15) is 4.79 Å². The highest BCUT2D eigenvalue weighted by molar-refractivity contribution is 5.76. The van der Waals surface area contributed by atoms with Gasteiger partial charge in [0.2, 0.25) is 5.91 Å². The third kappa shape index (κ3) is 3.32. The number of rotatable bonds is 6. The zero-order chi connectivity index (χ0) is 14.8. The molecule has 21 heavy (non-hydrogen) atoms. The maximum Gasteiger partial charge on any atom is 0.223 e. The van der Waals surface area contributed by atoms with Gasteiger partial charge in [-0.1, -0.05) is 5.16 Å². The molecule has 0 aliphatic heterocycles. The zero-order valence-corrected chi connectivity index (χ0v) is 12.5. The molecule has 0 atom stereocenters. The Hall–Kier alpha value is -2.11. The molecule has 0 unspecified atom stereocenters. The lowest BCUT2D eigenvalue weighted by Gasteiger charge is -2.15. The number of nitrogens with zero attached hydrogens (tertiary/aromatic N) is 4. The van der Waals surface area contributed by atoms with Crippen LogP contribution in [0.2, 0.25) is 0 Å². The zero-order valence-electron chi connectivity index (χ0n) is 12.5. The highest BCUT2D eigenvalue weighted by Gasteiger charge is 2.28. The van der Waals surface area contributed by atoms with Gasteiger partial charge in [-0.3, -0.25) is 9.48 Å². The SMILES string of the molecule is CN(Cc1cc(C2CC2)on1)C(=O)CCc1ccnn1C. The Bertz CT molecular complexity index is 627. The Morgan fingerprint density at radius 1 is 1.52 bits per heavy atom. The van der Waals surface area contributed by atoms with E-state index in [1.165, 1.54) is 12.8 Å². The van der Waals surface area contributed by atoms with Crippen LogP contribution in [-0.4, -0.2) is 32.8 Å². The number of aromatic nitrogens is 3. The Morgan fingerprint density at radius 3 is 3.00 bits per heavy atom. The van der Waals surface area contributed by atoms with Crippen molar-refractivity contribution < 1.29 is 9.32 Å². The van der Waals surface area contributed by atoms with Crippen LogP contribution < -0.4 is 0 Å². The summed E-state index contributed by atoms with van der Waals surface area (Å²) in [5, 5.41) is 8.14. The minimum Gasteiger partial charge on any atom is -0.361 e. The van der Waals surface area contributed by atoms with E-state index in [1.54, 1.807) is 22.8 Å². The van der Waals surface area contributed by atoms with Crippen molar-refractivity contribution in [2.45, 2.75) is 38.1 Å². The van der Waals surface area contributed by atoms with Crippen LogP contribution in [0.25, 0.3) is 0 Å². The van der Waals surface area contributed by atoms with Crippen molar-refractivity contribution in [3.63, 3.8) is 0 Å². The van der Waals surface area contributed by atoms with Crippen LogP contribution in [0.1, 0.15) is 42.3 Å². The molecule has 112 valence electrons. The summed E-state index contributed by atoms with van der Waals surface area (Å²) >= 11 is 0. The maximum absolute atomic E-state index is 12.1. The maximum atomic E-state index is 12.1. The predicted molar refractivity (Wildman–Crippen MR) is 76.5 cm³/mol. The van der Waals surface area contributed by atoms with E-state index in [0.29, 0.717) is 25.3 Å². The van der Waals surface area contributed by atoms with Crippen LogP contribution in [0.15, 0.2) is 22.9 Å². The quantitative estimate of drug-likeness (QED) is 0.814. The lowest BCUT2D eigenvalue weighted by Crippen LogP contribution is -2.26. The van der Waals surface area contributed by atoms with Crippen molar-refractivity contribution in [2.24, 2.45) is 7.05 Å². The van der Waals surface area contributed by atoms with E-state index in [-0.39, 0.29) is 5.91 Å². The van der Waals surface area contributed by atoms with Crippen LogP contribution in [0.5, 0.6) is 0 Å². The van der Waals surface area contributed by atoms with E-state index >= 15 is 0 Å². The molecule has 1 saturated carbocycles. The van der Waals surface area contributed by atoms with Gasteiger partial charge in [-0.25, -0.2) is 0 Å². The molecule has 2 aromatic heterocycles. The first-order chi connectivity index (χ1) is 10.1. The number of hydrogen-bond donors (Lipinski definition) is 0. The summed E-state index contributed by atoms with van der Waals surface area (Å²) in [5.41, 5.74) is 1.89. The summed E-state index contributed by atoms with van der Waals surface area (Å²) in [4.78, 5) is 13.8. The molecule has 0 saturated heterocycles. The first kappa shape index (κ1) is 13.9. The van der Waals surface area contributed by atoms with Gasteiger partial charge >= 0.3 is 0 Å². The molecule has 2 heterocycles. The molecule has 1 aliphatic rings. The van der Waals surface area contributed by atoms with E-state index < -0.39 is 0 Å². The highest BCUT2D eigenvalue weighted by Crippen LogP contribution is 2.40. The lowest BCUT2D eigenvalue weighted by atomic mass is 10.2. The third-order valence-corrected chi connectivity index (χ3v) is 3.90. The van der Waals surface area contributed by atoms with E-state index in [2.05, 4.69) is 10.3 Å². The van der Waals surface area contributed by atoms with Gasteiger partial charge in [0.25, 0.3) is 0 Å². The van der Waals surface area contributed by atoms with Crippen molar-refractivity contribution in [1.82, 2.24) is 19.8 Å². The van der Waals surface area contributed by atoms with Crippen molar-refractivity contribution in [2.75, 3.05) is 7.05 Å². The van der Waals surface area contributed by atoms with Crippen LogP contribution >= 0.6 is 0 Å². The van der Waals surface area contributed by atoms with Gasteiger partial charge < -0.3 is 9.42 Å². The minimum absolute atomic E-state index is 0.104. The smallest absolute Gasteiger partial charge is 0.223 e. The van der Waals surface area contributed by atoms with Gasteiger partial charge in [-0.15, -0.1) is 0 Å². The Morgan fingerprint density at radius 2 is 2.33 bits per heavy atom. The number of carbonyl (C=O) groups is 1. The molecular weight excluding hydrogens is 268 g/mol. The molecule has 0 aromatic carbocycles. The summed E-state index contributed by atoms with van der Waals surface area (Å²) in [6.07, 6.45) is 5.30. The number of hydrogen-bond acceptors (Lipinski definition) is 4. The second kappa shape index (κ2) is 5.71. The van der Waals surface area contributed by atoms with Crippen molar-refractivity contribution in [3.8, 4) is 0 Å². The topological polar surface area (TPSA) is 64.2 Å². The lowest BCUT2D eigenvalue weighted by molar-refractivity contribution is -0.130. The van der Waals surface area contributed by atoms with Crippen molar-refractivity contribution in [3.05, 3.63) is 35.5 Å². The number of aryl methyl sites for hydroxylation is 2. The first-order valence-electron chi connectivity index (χ1n) is 7.30.